The van der Waals surface area contributed by atoms with E-state index >= 15 is 0 Å². The molecule has 0 fully saturated rings. The Morgan fingerprint density at radius 3 is 2.40 bits per heavy atom. The fraction of sp³-hybridized carbons (Fsp3) is 0.0444. The normalized spacial score (nSPS) is 16.7. The fourth-order valence-electron chi connectivity index (χ4n) is 9.07. The molecule has 0 saturated carbocycles. The number of anilines is 2. The van der Waals surface area contributed by atoms with E-state index in [1.807, 2.05) is 12.3 Å². The molecule has 4 aromatic heterocycles. The molecule has 232 valence electrons. The van der Waals surface area contributed by atoms with Crippen LogP contribution < -0.4 is 4.90 Å². The Hall–Kier alpha value is -6.59. The summed E-state index contributed by atoms with van der Waals surface area (Å²) < 4.78 is 2.49. The molecule has 5 heterocycles. The van der Waals surface area contributed by atoms with Crippen LogP contribution in [0.3, 0.4) is 0 Å². The molecule has 1 aliphatic carbocycles. The van der Waals surface area contributed by atoms with Crippen LogP contribution in [0.15, 0.2) is 146 Å². The summed E-state index contributed by atoms with van der Waals surface area (Å²) in [5, 5.41) is 8.51. The van der Waals surface area contributed by atoms with Gasteiger partial charge in [-0.1, -0.05) is 109 Å². The van der Waals surface area contributed by atoms with E-state index in [-0.39, 0.29) is 12.0 Å². The molecule has 2 unspecified atom stereocenters. The Labute approximate surface area is 286 Å². The highest BCUT2D eigenvalue weighted by Gasteiger charge is 2.44. The zero-order valence-corrected chi connectivity index (χ0v) is 26.8. The van der Waals surface area contributed by atoms with Crippen molar-refractivity contribution < 1.29 is 0 Å². The average Bonchev–Trinajstić information content (AvgIpc) is 3.82. The van der Waals surface area contributed by atoms with Gasteiger partial charge in [-0.15, -0.1) is 0 Å². The summed E-state index contributed by atoms with van der Waals surface area (Å²) in [6.07, 6.45) is 6.50. The minimum Gasteiger partial charge on any atom is -0.317 e. The third-order valence-corrected chi connectivity index (χ3v) is 11.1. The SMILES string of the molecule is C1=CC2C(c3ccccc31)c1c(ccc3c1c1cccc4c5ccccc5n3c41)N2c1nc(-c2ccc3ccccc3c2)nc2ncccc12. The van der Waals surface area contributed by atoms with Crippen LogP contribution >= 0.6 is 0 Å². The molecule has 0 radical (unpaired) electrons. The Balaban J connectivity index is 1.19. The molecule has 0 spiro atoms. The average molecular weight is 638 g/mol. The number of nitrogens with zero attached hydrogens (tertiary/aromatic N) is 5. The Morgan fingerprint density at radius 1 is 0.600 bits per heavy atom. The highest BCUT2D eigenvalue weighted by atomic mass is 15.3. The number of para-hydroxylation sites is 2. The monoisotopic (exact) mass is 637 g/mol. The molecule has 0 N–H and O–H groups in total. The third-order valence-electron chi connectivity index (χ3n) is 11.1. The largest absolute Gasteiger partial charge is 0.317 e. The first-order chi connectivity index (χ1) is 24.8. The smallest absolute Gasteiger partial charge is 0.165 e. The Bertz CT molecular complexity index is 3080. The molecule has 5 heteroatoms. The predicted octanol–water partition coefficient (Wildman–Crippen LogP) is 10.7. The van der Waals surface area contributed by atoms with Gasteiger partial charge in [0.15, 0.2) is 11.5 Å². The van der Waals surface area contributed by atoms with Crippen molar-refractivity contribution in [1.82, 2.24) is 19.4 Å². The second-order valence-corrected chi connectivity index (χ2v) is 13.6. The number of hydrogen-bond acceptors (Lipinski definition) is 4. The van der Waals surface area contributed by atoms with Crippen LogP contribution in [-0.4, -0.2) is 25.4 Å². The summed E-state index contributed by atoms with van der Waals surface area (Å²) in [7, 11) is 0. The number of rotatable bonds is 2. The van der Waals surface area contributed by atoms with Crippen LogP contribution in [0.4, 0.5) is 11.5 Å². The second-order valence-electron chi connectivity index (χ2n) is 13.6. The standard InChI is InChI=1S/C45H27N5/c1-2-11-28-25-29(19-18-26(28)9-1)43-47-44-34(16-8-24-46-44)45(48-43)50-37-21-20-27-10-3-4-12-30(27)39(37)41-38(50)23-22-36-40(41)33-15-7-14-32-31-13-5-6-17-35(31)49(36)42(32)33/h1-25,37,39H. The van der Waals surface area contributed by atoms with Crippen molar-refractivity contribution in [2.45, 2.75) is 12.0 Å². The van der Waals surface area contributed by atoms with Gasteiger partial charge in [0.25, 0.3) is 0 Å². The van der Waals surface area contributed by atoms with Gasteiger partial charge in [-0.25, -0.2) is 15.0 Å². The molecule has 5 nitrogen and oxygen atoms in total. The maximum atomic E-state index is 5.44. The summed E-state index contributed by atoms with van der Waals surface area (Å²) in [4.78, 5) is 17.7. The van der Waals surface area contributed by atoms with E-state index in [0.717, 1.165) is 22.2 Å². The number of pyridine rings is 1. The van der Waals surface area contributed by atoms with Gasteiger partial charge in [0.1, 0.15) is 5.82 Å². The van der Waals surface area contributed by atoms with E-state index in [0.29, 0.717) is 11.5 Å². The topological polar surface area (TPSA) is 46.3 Å². The maximum Gasteiger partial charge on any atom is 0.165 e. The third kappa shape index (κ3) is 3.33. The van der Waals surface area contributed by atoms with Crippen molar-refractivity contribution in [3.05, 3.63) is 162 Å². The molecule has 50 heavy (non-hydrogen) atoms. The van der Waals surface area contributed by atoms with Gasteiger partial charge in [-0.3, -0.25) is 0 Å². The predicted molar refractivity (Wildman–Crippen MR) is 205 cm³/mol. The molecule has 1 aliphatic heterocycles. The maximum absolute atomic E-state index is 5.44. The molecule has 12 rings (SSSR count). The van der Waals surface area contributed by atoms with Crippen molar-refractivity contribution in [2.75, 3.05) is 4.90 Å². The summed E-state index contributed by atoms with van der Waals surface area (Å²) in [6, 6.07) is 48.2. The van der Waals surface area contributed by atoms with Gasteiger partial charge in [-0.2, -0.15) is 0 Å². The molecule has 6 aromatic carbocycles. The Kier molecular flexibility index (Phi) is 5.02. The van der Waals surface area contributed by atoms with Gasteiger partial charge in [0.05, 0.1) is 28.0 Å². The molecular weight excluding hydrogens is 611 g/mol. The second kappa shape index (κ2) is 9.52. The van der Waals surface area contributed by atoms with Crippen LogP contribution in [0.1, 0.15) is 22.6 Å². The minimum absolute atomic E-state index is 0.0186. The highest BCUT2D eigenvalue weighted by Crippen LogP contribution is 2.56. The van der Waals surface area contributed by atoms with E-state index in [2.05, 4.69) is 149 Å². The molecule has 2 aliphatic rings. The number of fused-ring (bicyclic) bond motifs is 14. The lowest BCUT2D eigenvalue weighted by atomic mass is 9.80. The van der Waals surface area contributed by atoms with E-state index in [1.54, 1.807) is 0 Å². The molecule has 0 amide bonds. The van der Waals surface area contributed by atoms with Gasteiger partial charge >= 0.3 is 0 Å². The van der Waals surface area contributed by atoms with Crippen LogP contribution in [0.2, 0.25) is 0 Å². The lowest BCUT2D eigenvalue weighted by molar-refractivity contribution is 0.723. The first-order valence-corrected chi connectivity index (χ1v) is 17.2. The zero-order valence-electron chi connectivity index (χ0n) is 26.8. The number of hydrogen-bond donors (Lipinski definition) is 0. The van der Waals surface area contributed by atoms with Crippen LogP contribution in [-0.2, 0) is 0 Å². The summed E-state index contributed by atoms with van der Waals surface area (Å²) in [5.41, 5.74) is 10.6. The first kappa shape index (κ1) is 26.4. The van der Waals surface area contributed by atoms with Crippen LogP contribution in [0, 0.1) is 0 Å². The quantitative estimate of drug-likeness (QED) is 0.189. The molecular formula is C45H27N5. The minimum atomic E-state index is 0.0186. The van der Waals surface area contributed by atoms with Crippen molar-refractivity contribution in [3.63, 3.8) is 0 Å². The van der Waals surface area contributed by atoms with Crippen molar-refractivity contribution in [3.8, 4) is 11.4 Å². The fourth-order valence-corrected chi connectivity index (χ4v) is 9.07. The zero-order chi connectivity index (χ0) is 32.5. The highest BCUT2D eigenvalue weighted by molar-refractivity contribution is 6.25. The number of aromatic nitrogens is 4. The van der Waals surface area contributed by atoms with Crippen LogP contribution in [0.25, 0.3) is 77.4 Å². The van der Waals surface area contributed by atoms with E-state index in [1.165, 1.54) is 65.9 Å². The molecule has 2 atom stereocenters. The van der Waals surface area contributed by atoms with E-state index < -0.39 is 0 Å². The summed E-state index contributed by atoms with van der Waals surface area (Å²) in [6.45, 7) is 0. The van der Waals surface area contributed by atoms with Gasteiger partial charge in [0.2, 0.25) is 0 Å². The van der Waals surface area contributed by atoms with Gasteiger partial charge in [0, 0.05) is 44.9 Å². The summed E-state index contributed by atoms with van der Waals surface area (Å²) in [5.74, 6) is 1.67. The Morgan fingerprint density at radius 2 is 1.42 bits per heavy atom. The molecule has 10 aromatic rings. The van der Waals surface area contributed by atoms with Gasteiger partial charge < -0.3 is 9.30 Å². The lowest BCUT2D eigenvalue weighted by Crippen LogP contribution is -2.31. The van der Waals surface area contributed by atoms with Crippen molar-refractivity contribution in [2.24, 2.45) is 0 Å². The first-order valence-electron chi connectivity index (χ1n) is 17.2. The van der Waals surface area contributed by atoms with Gasteiger partial charge in [-0.05, 0) is 63.9 Å². The van der Waals surface area contributed by atoms with Crippen molar-refractivity contribution >= 4 is 77.5 Å². The summed E-state index contributed by atoms with van der Waals surface area (Å²) >= 11 is 0. The van der Waals surface area contributed by atoms with Crippen molar-refractivity contribution in [1.29, 1.82) is 0 Å². The van der Waals surface area contributed by atoms with E-state index in [4.69, 9.17) is 15.0 Å². The van der Waals surface area contributed by atoms with E-state index in [9.17, 15) is 0 Å². The molecule has 0 saturated heterocycles. The van der Waals surface area contributed by atoms with Crippen LogP contribution in [0.5, 0.6) is 0 Å². The number of benzene rings is 6. The molecule has 0 bridgehead atoms. The lowest BCUT2D eigenvalue weighted by Gasteiger charge is -2.31.